The Morgan fingerprint density at radius 2 is 2.28 bits per heavy atom. The summed E-state index contributed by atoms with van der Waals surface area (Å²) in [6.45, 7) is 5.85. The summed E-state index contributed by atoms with van der Waals surface area (Å²) in [4.78, 5) is 13.6. The number of carboxylic acid groups (broad SMARTS) is 1. The molecule has 0 bridgehead atoms. The zero-order chi connectivity index (χ0) is 13.0. The van der Waals surface area contributed by atoms with Crippen molar-refractivity contribution in [3.8, 4) is 0 Å². The zero-order valence-corrected chi connectivity index (χ0v) is 10.7. The van der Waals surface area contributed by atoms with Gasteiger partial charge in [0.2, 0.25) is 0 Å². The van der Waals surface area contributed by atoms with Crippen LogP contribution in [0.4, 0.5) is 0 Å². The number of hydrogen-bond acceptors (Lipinski definition) is 3. The van der Waals surface area contributed by atoms with Crippen LogP contribution in [0.25, 0.3) is 0 Å². The molecular weight excluding hydrogens is 228 g/mol. The van der Waals surface area contributed by atoms with Crippen LogP contribution in [0, 0.1) is 0 Å². The van der Waals surface area contributed by atoms with Crippen LogP contribution < -0.4 is 5.32 Å². The first-order chi connectivity index (χ1) is 8.72. The third kappa shape index (κ3) is 2.89. The molecule has 0 aromatic heterocycles. The van der Waals surface area contributed by atoms with E-state index in [2.05, 4.69) is 17.1 Å². The smallest absolute Gasteiger partial charge is 0.336 e. The Labute approximate surface area is 108 Å². The van der Waals surface area contributed by atoms with Crippen LogP contribution >= 0.6 is 0 Å². The number of piperazine rings is 1. The summed E-state index contributed by atoms with van der Waals surface area (Å²) >= 11 is 0. The van der Waals surface area contributed by atoms with Gasteiger partial charge >= 0.3 is 5.97 Å². The number of nitrogens with one attached hydrogen (secondary N) is 1. The highest BCUT2D eigenvalue weighted by atomic mass is 16.4. The summed E-state index contributed by atoms with van der Waals surface area (Å²) in [5.41, 5.74) is 1.33. The summed E-state index contributed by atoms with van der Waals surface area (Å²) in [5, 5.41) is 12.6. The van der Waals surface area contributed by atoms with E-state index < -0.39 is 5.97 Å². The highest BCUT2D eigenvalue weighted by molar-refractivity contribution is 5.89. The van der Waals surface area contributed by atoms with Gasteiger partial charge in [-0.25, -0.2) is 4.79 Å². The van der Waals surface area contributed by atoms with Gasteiger partial charge in [0.1, 0.15) is 0 Å². The maximum atomic E-state index is 11.2. The lowest BCUT2D eigenvalue weighted by molar-refractivity contribution is 0.0692. The summed E-state index contributed by atoms with van der Waals surface area (Å²) in [6.07, 6.45) is 1.09. The molecular formula is C14H20N2O2. The van der Waals surface area contributed by atoms with Crippen molar-refractivity contribution in [3.05, 3.63) is 35.4 Å². The fourth-order valence-corrected chi connectivity index (χ4v) is 2.50. The number of carboxylic acids is 1. The lowest BCUT2D eigenvalue weighted by Crippen LogP contribution is -2.50. The minimum atomic E-state index is -0.839. The van der Waals surface area contributed by atoms with Gasteiger partial charge in [0.25, 0.3) is 0 Å². The fourth-order valence-electron chi connectivity index (χ4n) is 2.50. The molecule has 18 heavy (non-hydrogen) atoms. The first-order valence-electron chi connectivity index (χ1n) is 6.48. The van der Waals surface area contributed by atoms with E-state index in [1.807, 2.05) is 12.1 Å². The van der Waals surface area contributed by atoms with Crippen LogP contribution in [0.5, 0.6) is 0 Å². The van der Waals surface area contributed by atoms with E-state index in [0.717, 1.165) is 38.2 Å². The quantitative estimate of drug-likeness (QED) is 0.849. The second-order valence-corrected chi connectivity index (χ2v) is 4.70. The van der Waals surface area contributed by atoms with Crippen molar-refractivity contribution >= 4 is 5.97 Å². The molecule has 1 saturated heterocycles. The monoisotopic (exact) mass is 248 g/mol. The minimum absolute atomic E-state index is 0.422. The first kappa shape index (κ1) is 13.1. The molecule has 1 aliphatic heterocycles. The highest BCUT2D eigenvalue weighted by Crippen LogP contribution is 2.16. The standard InChI is InChI=1S/C14H20N2O2/c1-2-12-9-15-7-8-16(12)10-11-5-3-4-6-13(11)14(17)18/h3-6,12,15H,2,7-10H2,1H3,(H,17,18)/t12-/m1/s1. The van der Waals surface area contributed by atoms with Gasteiger partial charge in [0.05, 0.1) is 5.56 Å². The summed E-state index contributed by atoms with van der Waals surface area (Å²) in [7, 11) is 0. The van der Waals surface area contributed by atoms with E-state index in [0.29, 0.717) is 11.6 Å². The van der Waals surface area contributed by atoms with Crippen LogP contribution in [0.2, 0.25) is 0 Å². The van der Waals surface area contributed by atoms with Crippen LogP contribution in [-0.2, 0) is 6.54 Å². The molecule has 4 nitrogen and oxygen atoms in total. The van der Waals surface area contributed by atoms with Gasteiger partial charge in [-0.05, 0) is 18.1 Å². The van der Waals surface area contributed by atoms with E-state index in [-0.39, 0.29) is 0 Å². The third-order valence-corrected chi connectivity index (χ3v) is 3.56. The highest BCUT2D eigenvalue weighted by Gasteiger charge is 2.22. The topological polar surface area (TPSA) is 52.6 Å². The Kier molecular flexibility index (Phi) is 4.33. The van der Waals surface area contributed by atoms with Gasteiger partial charge in [0, 0.05) is 32.2 Å². The fraction of sp³-hybridized carbons (Fsp3) is 0.500. The predicted molar refractivity (Wildman–Crippen MR) is 70.8 cm³/mol. The second-order valence-electron chi connectivity index (χ2n) is 4.70. The van der Waals surface area contributed by atoms with Crippen molar-refractivity contribution in [3.63, 3.8) is 0 Å². The average Bonchev–Trinajstić information content (AvgIpc) is 2.40. The van der Waals surface area contributed by atoms with Gasteiger partial charge in [-0.15, -0.1) is 0 Å². The molecule has 1 atom stereocenters. The maximum absolute atomic E-state index is 11.2. The Balaban J connectivity index is 2.15. The van der Waals surface area contributed by atoms with E-state index in [1.165, 1.54) is 0 Å². The molecule has 0 aliphatic carbocycles. The molecule has 1 fully saturated rings. The van der Waals surface area contributed by atoms with Crippen molar-refractivity contribution in [2.45, 2.75) is 25.9 Å². The molecule has 1 aliphatic rings. The largest absolute Gasteiger partial charge is 0.478 e. The van der Waals surface area contributed by atoms with E-state index in [4.69, 9.17) is 0 Å². The molecule has 98 valence electrons. The van der Waals surface area contributed by atoms with E-state index in [9.17, 15) is 9.90 Å². The van der Waals surface area contributed by atoms with Crippen LogP contribution in [0.15, 0.2) is 24.3 Å². The predicted octanol–water partition coefficient (Wildman–Crippen LogP) is 1.57. The molecule has 0 amide bonds. The van der Waals surface area contributed by atoms with Crippen LogP contribution in [0.1, 0.15) is 29.3 Å². The van der Waals surface area contributed by atoms with Gasteiger partial charge in [-0.2, -0.15) is 0 Å². The van der Waals surface area contributed by atoms with Crippen molar-refractivity contribution in [1.82, 2.24) is 10.2 Å². The molecule has 0 spiro atoms. The summed E-state index contributed by atoms with van der Waals surface area (Å²) in [6, 6.07) is 7.78. The molecule has 0 unspecified atom stereocenters. The summed E-state index contributed by atoms with van der Waals surface area (Å²) in [5.74, 6) is -0.839. The minimum Gasteiger partial charge on any atom is -0.478 e. The lowest BCUT2D eigenvalue weighted by Gasteiger charge is -2.35. The molecule has 0 radical (unpaired) electrons. The Morgan fingerprint density at radius 1 is 1.50 bits per heavy atom. The Bertz CT molecular complexity index is 420. The van der Waals surface area contributed by atoms with E-state index in [1.54, 1.807) is 12.1 Å². The molecule has 2 rings (SSSR count). The number of nitrogens with zero attached hydrogens (tertiary/aromatic N) is 1. The number of carbonyl (C=O) groups is 1. The molecule has 0 saturated carbocycles. The molecule has 1 aromatic carbocycles. The second kappa shape index (κ2) is 5.98. The van der Waals surface area contributed by atoms with Gasteiger partial charge in [-0.1, -0.05) is 25.1 Å². The van der Waals surface area contributed by atoms with Crippen LogP contribution in [0.3, 0.4) is 0 Å². The molecule has 1 aromatic rings. The van der Waals surface area contributed by atoms with E-state index >= 15 is 0 Å². The maximum Gasteiger partial charge on any atom is 0.336 e. The average molecular weight is 248 g/mol. The van der Waals surface area contributed by atoms with Gasteiger partial charge in [0.15, 0.2) is 0 Å². The van der Waals surface area contributed by atoms with Crippen molar-refractivity contribution in [2.75, 3.05) is 19.6 Å². The molecule has 4 heteroatoms. The Hall–Kier alpha value is -1.39. The van der Waals surface area contributed by atoms with Crippen molar-refractivity contribution in [2.24, 2.45) is 0 Å². The van der Waals surface area contributed by atoms with Crippen LogP contribution in [-0.4, -0.2) is 41.7 Å². The summed E-state index contributed by atoms with van der Waals surface area (Å²) < 4.78 is 0. The number of hydrogen-bond donors (Lipinski definition) is 2. The SMILES string of the molecule is CC[C@@H]1CNCCN1Cc1ccccc1C(=O)O. The number of benzene rings is 1. The van der Waals surface area contributed by atoms with Crippen molar-refractivity contribution < 1.29 is 9.90 Å². The molecule has 1 heterocycles. The zero-order valence-electron chi connectivity index (χ0n) is 10.7. The number of rotatable bonds is 4. The Morgan fingerprint density at radius 3 is 3.00 bits per heavy atom. The first-order valence-corrected chi connectivity index (χ1v) is 6.48. The third-order valence-electron chi connectivity index (χ3n) is 3.56. The lowest BCUT2D eigenvalue weighted by atomic mass is 10.0. The van der Waals surface area contributed by atoms with Crippen molar-refractivity contribution in [1.29, 1.82) is 0 Å². The number of aromatic carboxylic acids is 1. The van der Waals surface area contributed by atoms with Gasteiger partial charge < -0.3 is 10.4 Å². The normalized spacial score (nSPS) is 20.8. The molecule has 2 N–H and O–H groups in total. The van der Waals surface area contributed by atoms with Gasteiger partial charge in [-0.3, -0.25) is 4.90 Å².